The zero-order chi connectivity index (χ0) is 20.8. The molecule has 2 aliphatic rings. The molecule has 1 aliphatic carbocycles. The quantitative estimate of drug-likeness (QED) is 0.595. The molecule has 0 atom stereocenters. The van der Waals surface area contributed by atoms with Crippen LogP contribution in [-0.4, -0.2) is 60.7 Å². The molecule has 29 heavy (non-hydrogen) atoms. The zero-order valence-corrected chi connectivity index (χ0v) is 19.2. The van der Waals surface area contributed by atoms with Crippen LogP contribution in [-0.2, 0) is 10.0 Å². The highest BCUT2D eigenvalue weighted by Gasteiger charge is 2.31. The summed E-state index contributed by atoms with van der Waals surface area (Å²) in [6.07, 6.45) is 2.39. The predicted octanol–water partition coefficient (Wildman–Crippen LogP) is 3.39. The lowest BCUT2D eigenvalue weighted by Gasteiger charge is -2.33. The molecule has 1 aliphatic heterocycles. The van der Waals surface area contributed by atoms with Crippen LogP contribution in [0.3, 0.4) is 0 Å². The van der Waals surface area contributed by atoms with Crippen LogP contribution in [0.1, 0.15) is 40.6 Å². The van der Waals surface area contributed by atoms with Gasteiger partial charge in [0.05, 0.1) is 11.4 Å². The number of carbonyl (C=O) groups excluding carboxylic acids is 1. The van der Waals surface area contributed by atoms with Gasteiger partial charge in [0.15, 0.2) is 5.78 Å². The summed E-state index contributed by atoms with van der Waals surface area (Å²) >= 11 is 3.33. The number of hydrogen-bond acceptors (Lipinski definition) is 4. The van der Waals surface area contributed by atoms with Gasteiger partial charge in [0.2, 0.25) is 10.0 Å². The Hall–Kier alpha value is -1.48. The Morgan fingerprint density at radius 2 is 1.69 bits per heavy atom. The third-order valence-corrected chi connectivity index (χ3v) is 8.29. The van der Waals surface area contributed by atoms with E-state index in [1.807, 2.05) is 13.0 Å². The number of Topliss-reactive ketones (excluding diaryl/α,β-unsaturated/α-hetero) is 1. The number of benzene rings is 1. The predicted molar refractivity (Wildman–Crippen MR) is 116 cm³/mol. The first kappa shape index (κ1) is 20.8. The van der Waals surface area contributed by atoms with Crippen LogP contribution in [0.4, 0.5) is 0 Å². The topological polar surface area (TPSA) is 62.6 Å². The van der Waals surface area contributed by atoms with Crippen molar-refractivity contribution in [2.75, 3.05) is 32.7 Å². The number of rotatable bonds is 6. The molecule has 156 valence electrons. The van der Waals surface area contributed by atoms with Gasteiger partial charge in [0.25, 0.3) is 0 Å². The smallest absolute Gasteiger partial charge is 0.243 e. The normalized spacial score (nSPS) is 18.9. The molecule has 1 saturated heterocycles. The van der Waals surface area contributed by atoms with Gasteiger partial charge in [-0.05, 0) is 57.0 Å². The first-order valence-electron chi connectivity index (χ1n) is 9.97. The maximum Gasteiger partial charge on any atom is 0.243 e. The molecule has 0 radical (unpaired) electrons. The zero-order valence-electron chi connectivity index (χ0n) is 16.8. The van der Waals surface area contributed by atoms with Gasteiger partial charge in [-0.15, -0.1) is 0 Å². The van der Waals surface area contributed by atoms with Crippen LogP contribution in [0.25, 0.3) is 0 Å². The third kappa shape index (κ3) is 4.21. The van der Waals surface area contributed by atoms with Crippen molar-refractivity contribution < 1.29 is 13.2 Å². The van der Waals surface area contributed by atoms with Gasteiger partial charge in [-0.1, -0.05) is 15.9 Å². The highest BCUT2D eigenvalue weighted by atomic mass is 79.9. The van der Waals surface area contributed by atoms with Crippen molar-refractivity contribution in [3.63, 3.8) is 0 Å². The lowest BCUT2D eigenvalue weighted by molar-refractivity contribution is 0.0901. The Bertz CT molecular complexity index is 1020. The molecule has 1 aromatic carbocycles. The Labute approximate surface area is 180 Å². The van der Waals surface area contributed by atoms with Crippen molar-refractivity contribution in [2.24, 2.45) is 0 Å². The van der Waals surface area contributed by atoms with Crippen LogP contribution in [0.15, 0.2) is 39.7 Å². The monoisotopic (exact) mass is 479 g/mol. The van der Waals surface area contributed by atoms with Crippen LogP contribution in [0, 0.1) is 13.8 Å². The Balaban J connectivity index is 1.38. The van der Waals surface area contributed by atoms with Crippen molar-refractivity contribution in [1.82, 2.24) is 13.8 Å². The molecule has 2 heterocycles. The summed E-state index contributed by atoms with van der Waals surface area (Å²) in [5.41, 5.74) is 3.02. The minimum Gasteiger partial charge on any atom is -0.345 e. The summed E-state index contributed by atoms with van der Waals surface area (Å²) < 4.78 is 30.3. The summed E-state index contributed by atoms with van der Waals surface area (Å²) in [5.74, 6) is 0.120. The highest BCUT2D eigenvalue weighted by Crippen LogP contribution is 2.38. The average Bonchev–Trinajstić information content (AvgIpc) is 3.47. The molecular weight excluding hydrogens is 454 g/mol. The van der Waals surface area contributed by atoms with E-state index < -0.39 is 10.0 Å². The molecule has 0 unspecified atom stereocenters. The van der Waals surface area contributed by atoms with E-state index in [1.54, 1.807) is 24.3 Å². The van der Waals surface area contributed by atoms with E-state index in [1.165, 1.54) is 17.1 Å². The SMILES string of the molecule is Cc1cc(C(=O)CN2CCN(S(=O)(=O)c3ccc(Br)cc3)CC2)c(C)n1C1CC1. The third-order valence-electron chi connectivity index (χ3n) is 5.85. The van der Waals surface area contributed by atoms with Crippen molar-refractivity contribution >= 4 is 31.7 Å². The molecule has 2 aromatic rings. The summed E-state index contributed by atoms with van der Waals surface area (Å²) in [6.45, 7) is 6.33. The number of halogens is 1. The van der Waals surface area contributed by atoms with E-state index in [2.05, 4.69) is 32.3 Å². The summed E-state index contributed by atoms with van der Waals surface area (Å²) in [7, 11) is -3.50. The second kappa shape index (κ2) is 7.98. The van der Waals surface area contributed by atoms with Crippen molar-refractivity contribution in [1.29, 1.82) is 0 Å². The molecular formula is C21H26BrN3O3S. The number of sulfonamides is 1. The second-order valence-corrected chi connectivity index (χ2v) is 10.8. The Morgan fingerprint density at radius 1 is 1.07 bits per heavy atom. The first-order chi connectivity index (χ1) is 13.8. The standard InChI is InChI=1S/C21H26BrN3O3S/c1-15-13-20(16(2)25(15)18-5-6-18)21(26)14-23-9-11-24(12-10-23)29(27,28)19-7-3-17(22)4-8-19/h3-4,7-8,13,18H,5-6,9-12,14H2,1-2H3. The molecule has 8 heteroatoms. The molecule has 1 saturated carbocycles. The van der Waals surface area contributed by atoms with Crippen molar-refractivity contribution in [3.05, 3.63) is 51.8 Å². The Kier molecular flexibility index (Phi) is 5.72. The minimum atomic E-state index is -3.50. The lowest BCUT2D eigenvalue weighted by Crippen LogP contribution is -2.49. The fourth-order valence-corrected chi connectivity index (χ4v) is 5.81. The first-order valence-corrected chi connectivity index (χ1v) is 12.2. The maximum atomic E-state index is 12.9. The summed E-state index contributed by atoms with van der Waals surface area (Å²) in [4.78, 5) is 15.2. The van der Waals surface area contributed by atoms with Crippen molar-refractivity contribution in [3.8, 4) is 0 Å². The highest BCUT2D eigenvalue weighted by molar-refractivity contribution is 9.10. The lowest BCUT2D eigenvalue weighted by atomic mass is 10.1. The molecule has 0 amide bonds. The Morgan fingerprint density at radius 3 is 2.28 bits per heavy atom. The number of piperazine rings is 1. The molecule has 0 bridgehead atoms. The van der Waals surface area contributed by atoms with Crippen molar-refractivity contribution in [2.45, 2.75) is 37.6 Å². The second-order valence-electron chi connectivity index (χ2n) is 7.94. The number of ketones is 1. The molecule has 1 aromatic heterocycles. The summed E-state index contributed by atoms with van der Waals surface area (Å²) in [6, 6.07) is 9.27. The fourth-order valence-electron chi connectivity index (χ4n) is 4.13. The molecule has 0 spiro atoms. The van der Waals surface area contributed by atoms with E-state index in [0.29, 0.717) is 43.7 Å². The van der Waals surface area contributed by atoms with Gasteiger partial charge in [-0.2, -0.15) is 4.31 Å². The van der Waals surface area contributed by atoms with Crippen LogP contribution in [0.2, 0.25) is 0 Å². The van der Waals surface area contributed by atoms with E-state index >= 15 is 0 Å². The van der Waals surface area contributed by atoms with Gasteiger partial charge >= 0.3 is 0 Å². The van der Waals surface area contributed by atoms with Crippen LogP contribution < -0.4 is 0 Å². The number of nitrogens with zero attached hydrogens (tertiary/aromatic N) is 3. The van der Waals surface area contributed by atoms with Gasteiger partial charge in [0.1, 0.15) is 0 Å². The van der Waals surface area contributed by atoms with Crippen LogP contribution in [0.5, 0.6) is 0 Å². The number of aromatic nitrogens is 1. The maximum absolute atomic E-state index is 12.9. The van der Waals surface area contributed by atoms with E-state index in [4.69, 9.17) is 0 Å². The van der Waals surface area contributed by atoms with Gasteiger partial charge in [0, 0.05) is 53.6 Å². The molecule has 6 nitrogen and oxygen atoms in total. The van der Waals surface area contributed by atoms with E-state index in [-0.39, 0.29) is 5.78 Å². The van der Waals surface area contributed by atoms with Gasteiger partial charge in [-0.25, -0.2) is 8.42 Å². The van der Waals surface area contributed by atoms with Crippen LogP contribution >= 0.6 is 15.9 Å². The molecule has 2 fully saturated rings. The minimum absolute atomic E-state index is 0.120. The largest absolute Gasteiger partial charge is 0.345 e. The van der Waals surface area contributed by atoms with E-state index in [0.717, 1.165) is 21.4 Å². The van der Waals surface area contributed by atoms with Gasteiger partial charge in [-0.3, -0.25) is 9.69 Å². The number of aryl methyl sites for hydroxylation is 1. The molecule has 4 rings (SSSR count). The average molecular weight is 480 g/mol. The molecule has 0 N–H and O–H groups in total. The van der Waals surface area contributed by atoms with Gasteiger partial charge < -0.3 is 4.57 Å². The summed E-state index contributed by atoms with van der Waals surface area (Å²) in [5, 5.41) is 0. The number of carbonyl (C=O) groups is 1. The fraction of sp³-hybridized carbons (Fsp3) is 0.476. The number of hydrogen-bond donors (Lipinski definition) is 0. The van der Waals surface area contributed by atoms with E-state index in [9.17, 15) is 13.2 Å².